The van der Waals surface area contributed by atoms with E-state index < -0.39 is 29.8 Å². The number of aromatic nitrogens is 6. The van der Waals surface area contributed by atoms with Gasteiger partial charge in [0.2, 0.25) is 42.7 Å². The maximum atomic E-state index is 10.4. The number of nitro benzene ring substituents is 2. The Morgan fingerprint density at radius 2 is 0.761 bits per heavy atom. The van der Waals surface area contributed by atoms with Crippen LogP contribution in [0.4, 0.5) is 52.0 Å². The van der Waals surface area contributed by atoms with Gasteiger partial charge in [-0.1, -0.05) is 58.0 Å². The van der Waals surface area contributed by atoms with Crippen molar-refractivity contribution in [3.63, 3.8) is 0 Å². The summed E-state index contributed by atoms with van der Waals surface area (Å²) in [7, 11) is -1.98. The topological polar surface area (TPSA) is 412 Å². The van der Waals surface area contributed by atoms with Crippen molar-refractivity contribution in [1.82, 2.24) is 29.9 Å². The molecule has 0 unspecified atom stereocenters. The average molecular weight is 1690 g/mol. The minimum absolute atomic E-state index is 0. The molecule has 8 rings (SSSR count). The van der Waals surface area contributed by atoms with Crippen LogP contribution in [0.2, 0.25) is 15.9 Å². The number of aliphatic hydroxyl groups excluding tert-OH is 2. The molecule has 604 valence electrons. The van der Waals surface area contributed by atoms with Gasteiger partial charge in [0.15, 0.2) is 28.9 Å². The van der Waals surface area contributed by atoms with Crippen molar-refractivity contribution in [2.75, 3.05) is 93.7 Å². The van der Waals surface area contributed by atoms with E-state index in [9.17, 15) is 37.1 Å². The SMILES string of the molecule is CCCO.CCCOCC.CCCOCCO.CCCOCCOS(C)(=O)=O.CS(=O)(=O)Cl.Cc1ccc(N)cc1C.Cc1ccc(Nc2nc(Nc3ccc(C)c(C)c3)nc(Nc3ccc(C)c(C)c3)n2)cc1C.Cc1ccc([N+](=O)[O-])cc1C.Clc1nc(Cl)nc(Cl)n1.O=[N+]([O-])c1ccc(O)c(O)c1.[AlH3].[Fe].[H-].[Li+]. The fraction of sp³-hybridized carbons (Fsp3) is 0.417. The molecular weight excluding hydrogens is 1580 g/mol. The number of nitrogens with two attached hydrogens (primary N) is 1. The van der Waals surface area contributed by atoms with Crippen molar-refractivity contribution in [2.45, 2.75) is 130 Å². The molecule has 0 aliphatic heterocycles. The van der Waals surface area contributed by atoms with Gasteiger partial charge in [-0.05, 0) is 247 Å². The van der Waals surface area contributed by atoms with Crippen LogP contribution in [0.15, 0.2) is 109 Å². The van der Waals surface area contributed by atoms with E-state index in [4.69, 9.17) is 75.2 Å². The quantitative estimate of drug-likeness (QED) is 0.00456. The molecular formula is C72H108AlCl4FeLiN12O16S2. The molecule has 0 amide bonds. The molecule has 6 aromatic carbocycles. The summed E-state index contributed by atoms with van der Waals surface area (Å²) in [6.45, 7) is 35.1. The van der Waals surface area contributed by atoms with E-state index in [2.05, 4.69) is 159 Å². The Morgan fingerprint density at radius 1 is 0.450 bits per heavy atom. The molecule has 9 N–H and O–H groups in total. The van der Waals surface area contributed by atoms with Crippen LogP contribution in [0.1, 0.15) is 117 Å². The number of aliphatic hydroxyl groups is 2. The number of nitrogen functional groups attached to an aromatic ring is 1. The summed E-state index contributed by atoms with van der Waals surface area (Å²) in [5.41, 5.74) is 21.0. The molecule has 37 heteroatoms. The van der Waals surface area contributed by atoms with Crippen molar-refractivity contribution in [3.8, 4) is 11.5 Å². The molecule has 0 aliphatic rings. The van der Waals surface area contributed by atoms with Gasteiger partial charge >= 0.3 is 18.9 Å². The van der Waals surface area contributed by atoms with Gasteiger partial charge < -0.3 is 57.7 Å². The number of rotatable bonds is 22. The molecule has 2 aromatic heterocycles. The summed E-state index contributed by atoms with van der Waals surface area (Å²) in [5, 5.41) is 63.9. The number of halogens is 4. The maximum absolute atomic E-state index is 10.4. The van der Waals surface area contributed by atoms with Crippen molar-refractivity contribution in [2.24, 2.45) is 0 Å². The van der Waals surface area contributed by atoms with Crippen molar-refractivity contribution < 1.29 is 103 Å². The molecule has 0 fully saturated rings. The smallest absolute Gasteiger partial charge is 1.00 e. The van der Waals surface area contributed by atoms with E-state index >= 15 is 0 Å². The Hall–Kier alpha value is -6.59. The molecule has 28 nitrogen and oxygen atoms in total. The van der Waals surface area contributed by atoms with Crippen LogP contribution in [0.3, 0.4) is 0 Å². The van der Waals surface area contributed by atoms with Gasteiger partial charge in [-0.2, -0.15) is 38.3 Å². The first-order valence-corrected chi connectivity index (χ1v) is 38.8. The van der Waals surface area contributed by atoms with Gasteiger partial charge in [0.05, 0.1) is 54.9 Å². The third-order valence-corrected chi connectivity index (χ3v) is 14.2. The zero-order valence-electron chi connectivity index (χ0n) is 65.6. The van der Waals surface area contributed by atoms with E-state index in [1.165, 1.54) is 50.6 Å². The normalized spacial score (nSPS) is 9.86. The molecule has 0 saturated heterocycles. The van der Waals surface area contributed by atoms with Crippen LogP contribution >= 0.6 is 45.5 Å². The van der Waals surface area contributed by atoms with Gasteiger partial charge in [0.25, 0.3) is 21.5 Å². The predicted molar refractivity (Wildman–Crippen MR) is 438 cm³/mol. The molecule has 0 aliphatic carbocycles. The van der Waals surface area contributed by atoms with E-state index in [0.29, 0.717) is 44.3 Å². The van der Waals surface area contributed by atoms with Crippen LogP contribution in [-0.2, 0) is 54.6 Å². The number of nitrogens with one attached hydrogen (secondary N) is 3. The zero-order valence-corrected chi connectivity index (χ0v) is 70.4. The molecule has 109 heavy (non-hydrogen) atoms. The Morgan fingerprint density at radius 3 is 1.04 bits per heavy atom. The number of anilines is 7. The van der Waals surface area contributed by atoms with E-state index in [0.717, 1.165) is 110 Å². The second-order valence-corrected chi connectivity index (χ2v) is 28.3. The number of hydrogen-bond acceptors (Lipinski definition) is 26. The fourth-order valence-electron chi connectivity index (χ4n) is 7.01. The van der Waals surface area contributed by atoms with Crippen LogP contribution in [0.5, 0.6) is 11.5 Å². The first kappa shape index (κ1) is 111. The number of phenols is 2. The molecule has 0 spiro atoms. The Labute approximate surface area is 697 Å². The third kappa shape index (κ3) is 58.0. The van der Waals surface area contributed by atoms with Gasteiger partial charge in [0.1, 0.15) is 0 Å². The van der Waals surface area contributed by atoms with E-state index in [1.807, 2.05) is 77.9 Å². The standard InChI is InChI=1S/C27H30N6.C8H9NO2.C8H11N.C6H5NO4.C6H14O4S.C5H12O2.C5H12O.C3Cl3N3.C3H8O.CH3ClO2S.Al.Fe.Li.4H/c1-16-7-10-22(13-19(16)4)28-25-31-26(29-23-11-8-17(2)20(5)14-23)33-27(32-25)30-24-12-9-18(3)21(6)15-24;1-6-3-4-8(9(10)11)5-7(6)2;1-6-3-4-8(9)5-7(6)2;8-5-2-1-4(7(10)11)3-6(5)9;1-3-4-9-5-6-10-11(2,7)8;1-2-4-7-5-3-6;1-3-5-6-4-2;4-1-7-2(5)9-3(6)8-1;1-2-3-4;1-5(2,3)4;;;;;;;/h7-15H,1-6H3,(H3,28,29,30,31,32,33);3-5H,1-2H3;3-5H,9H2,1-2H3;1-3,8-9H;3-6H2,1-2H3;6H,2-5H2,1H3;3-5H2,1-2H3;;4H,2-3H2,1H3;1H3;;;;;;;/q;;;;;;;;;;;;+1;;;;-1. The van der Waals surface area contributed by atoms with Gasteiger partial charge in [-0.25, -0.2) is 8.42 Å². The van der Waals surface area contributed by atoms with Crippen LogP contribution in [0, 0.1) is 89.5 Å². The maximum Gasteiger partial charge on any atom is 1.00 e. The van der Waals surface area contributed by atoms with Crippen LogP contribution in [-0.4, -0.2) is 166 Å². The molecule has 8 aromatic rings. The number of hydrogen-bond donors (Lipinski definition) is 8. The third-order valence-electron chi connectivity index (χ3n) is 13.1. The Bertz CT molecular complexity index is 3850. The number of nitrogens with zero attached hydrogens (tertiary/aromatic N) is 8. The van der Waals surface area contributed by atoms with Gasteiger partial charge in [-0.3, -0.25) is 24.4 Å². The van der Waals surface area contributed by atoms with Crippen molar-refractivity contribution >= 4 is 134 Å². The minimum atomic E-state index is -3.29. The number of nitro groups is 2. The summed E-state index contributed by atoms with van der Waals surface area (Å²) in [4.78, 5) is 43.5. The number of aromatic hydroxyl groups is 2. The van der Waals surface area contributed by atoms with Crippen molar-refractivity contribution in [1.29, 1.82) is 0 Å². The molecule has 2 heterocycles. The average Bonchev–Trinajstić information content (AvgIpc) is 0.826. The van der Waals surface area contributed by atoms with E-state index in [-0.39, 0.29) is 106 Å². The number of non-ortho nitro benzene ring substituents is 2. The molecule has 0 atom stereocenters. The van der Waals surface area contributed by atoms with Gasteiger partial charge in [-0.15, -0.1) is 0 Å². The van der Waals surface area contributed by atoms with Crippen LogP contribution in [0.25, 0.3) is 0 Å². The minimum Gasteiger partial charge on any atom is -1.00 e. The fourth-order valence-corrected chi connectivity index (χ4v) is 7.99. The van der Waals surface area contributed by atoms with Crippen molar-refractivity contribution in [3.05, 3.63) is 201 Å². The number of benzene rings is 6. The second-order valence-electron chi connectivity index (χ2n) is 22.6. The molecule has 0 radical (unpaired) electrons. The Kier molecular flexibility index (Phi) is 64.1. The predicted octanol–water partition coefficient (Wildman–Crippen LogP) is 12.6. The molecule has 0 saturated carbocycles. The zero-order chi connectivity index (χ0) is 81.1. The second kappa shape index (κ2) is 63.0. The summed E-state index contributed by atoms with van der Waals surface area (Å²) < 4.78 is 58.8. The van der Waals surface area contributed by atoms with Crippen LogP contribution < -0.4 is 40.5 Å². The summed E-state index contributed by atoms with van der Waals surface area (Å²) >= 11 is 16.0. The first-order valence-electron chi connectivity index (χ1n) is 33.1. The summed E-state index contributed by atoms with van der Waals surface area (Å²) in [5.74, 6) is 0.539. The first-order chi connectivity index (χ1) is 49.7. The van der Waals surface area contributed by atoms with E-state index in [1.54, 1.807) is 12.1 Å². The monoisotopic (exact) mass is 1690 g/mol. The summed E-state index contributed by atoms with van der Waals surface area (Å²) in [6, 6.07) is 32.4. The molecule has 0 bridgehead atoms. The number of aryl methyl sites for hydroxylation is 10. The number of ether oxygens (including phenoxy) is 3. The number of phenolic OH excluding ortho intramolecular Hbond substituents is 2. The largest absolute Gasteiger partial charge is 1.00 e. The Balaban J connectivity index is -0.000000297. The summed E-state index contributed by atoms with van der Waals surface area (Å²) in [6.07, 6.45) is 5.91. The van der Waals surface area contributed by atoms with Gasteiger partial charge in [0, 0.05) is 102 Å².